The molecular weight excluding hydrogens is 330 g/mol. The number of aliphatic carboxylic acids is 1. The molecule has 7 nitrogen and oxygen atoms in total. The molecule has 0 aliphatic heterocycles. The molecule has 1 aromatic carbocycles. The third kappa shape index (κ3) is 1.85. The Bertz CT molecular complexity index is 864. The molecule has 0 unspecified atom stereocenters. The van der Waals surface area contributed by atoms with Crippen molar-refractivity contribution in [3.05, 3.63) is 34.1 Å². The predicted molar refractivity (Wildman–Crippen MR) is 73.0 cm³/mol. The lowest BCUT2D eigenvalue weighted by Gasteiger charge is -1.97. The number of H-pyrrole nitrogens is 1. The van der Waals surface area contributed by atoms with E-state index in [1.165, 1.54) is 12.1 Å². The van der Waals surface area contributed by atoms with Crippen molar-refractivity contribution in [3.8, 4) is 0 Å². The number of nitrogens with zero attached hydrogens (tertiary/aromatic N) is 2. The number of carboxylic acids is 2. The number of fused-ring (bicyclic) bond motifs is 3. The van der Waals surface area contributed by atoms with Gasteiger partial charge in [0.2, 0.25) is 5.78 Å². The normalized spacial score (nSPS) is 11.2. The van der Waals surface area contributed by atoms with Gasteiger partial charge >= 0.3 is 11.9 Å². The lowest BCUT2D eigenvalue weighted by atomic mass is 10.2. The summed E-state index contributed by atoms with van der Waals surface area (Å²) in [5, 5.41) is 17.9. The van der Waals surface area contributed by atoms with Crippen molar-refractivity contribution >= 4 is 44.7 Å². The summed E-state index contributed by atoms with van der Waals surface area (Å²) in [5.41, 5.74) is 1.85. The molecule has 0 radical (unpaired) electrons. The first-order chi connectivity index (χ1) is 9.47. The SMILES string of the molecule is O=C(O)Cc1[nH]c2nc3ccc(C(=O)O)cc3n2c1Br. The van der Waals surface area contributed by atoms with Crippen molar-refractivity contribution in [2.45, 2.75) is 6.42 Å². The molecule has 3 N–H and O–H groups in total. The fraction of sp³-hybridized carbons (Fsp3) is 0.0833. The number of benzene rings is 1. The summed E-state index contributed by atoms with van der Waals surface area (Å²) >= 11 is 3.32. The predicted octanol–water partition coefficient (Wildman–Crippen LogP) is 1.90. The highest BCUT2D eigenvalue weighted by atomic mass is 79.9. The van der Waals surface area contributed by atoms with E-state index < -0.39 is 11.9 Å². The Kier molecular flexibility index (Phi) is 2.75. The smallest absolute Gasteiger partial charge is 0.335 e. The molecule has 0 spiro atoms. The molecule has 0 saturated heterocycles. The van der Waals surface area contributed by atoms with E-state index in [2.05, 4.69) is 25.9 Å². The van der Waals surface area contributed by atoms with Crippen LogP contribution in [0.25, 0.3) is 16.8 Å². The molecule has 3 aromatic rings. The molecule has 0 bridgehead atoms. The summed E-state index contributed by atoms with van der Waals surface area (Å²) < 4.78 is 2.18. The highest BCUT2D eigenvalue weighted by Gasteiger charge is 2.17. The number of aromatic nitrogens is 3. The molecule has 0 saturated carbocycles. The number of aromatic amines is 1. The van der Waals surface area contributed by atoms with Crippen LogP contribution >= 0.6 is 15.9 Å². The molecular formula is C12H8BrN3O4. The van der Waals surface area contributed by atoms with Crippen molar-refractivity contribution in [2.24, 2.45) is 0 Å². The van der Waals surface area contributed by atoms with Gasteiger partial charge in [0, 0.05) is 0 Å². The van der Waals surface area contributed by atoms with Gasteiger partial charge in [-0.05, 0) is 34.1 Å². The van der Waals surface area contributed by atoms with Gasteiger partial charge in [-0.3, -0.25) is 9.20 Å². The first kappa shape index (κ1) is 12.7. The molecule has 3 rings (SSSR count). The van der Waals surface area contributed by atoms with Crippen molar-refractivity contribution in [2.75, 3.05) is 0 Å². The molecule has 0 aliphatic carbocycles. The zero-order chi connectivity index (χ0) is 14.4. The maximum Gasteiger partial charge on any atom is 0.335 e. The van der Waals surface area contributed by atoms with E-state index >= 15 is 0 Å². The Labute approximate surface area is 120 Å². The van der Waals surface area contributed by atoms with Crippen molar-refractivity contribution in [1.29, 1.82) is 0 Å². The van der Waals surface area contributed by atoms with Crippen molar-refractivity contribution < 1.29 is 19.8 Å². The van der Waals surface area contributed by atoms with E-state index in [1.807, 2.05) is 0 Å². The number of carboxylic acid groups (broad SMARTS) is 2. The van der Waals surface area contributed by atoms with Gasteiger partial charge in [0.25, 0.3) is 0 Å². The second-order valence-electron chi connectivity index (χ2n) is 4.24. The summed E-state index contributed by atoms with van der Waals surface area (Å²) in [7, 11) is 0. The van der Waals surface area contributed by atoms with Gasteiger partial charge in [-0.25, -0.2) is 9.78 Å². The van der Waals surface area contributed by atoms with E-state index in [0.29, 0.717) is 27.1 Å². The monoisotopic (exact) mass is 337 g/mol. The number of rotatable bonds is 3. The largest absolute Gasteiger partial charge is 0.481 e. The van der Waals surface area contributed by atoms with E-state index in [1.54, 1.807) is 10.5 Å². The minimum Gasteiger partial charge on any atom is -0.481 e. The van der Waals surface area contributed by atoms with Crippen LogP contribution in [0.5, 0.6) is 0 Å². The highest BCUT2D eigenvalue weighted by molar-refractivity contribution is 9.10. The third-order valence-corrected chi connectivity index (χ3v) is 3.77. The number of hydrogen-bond donors (Lipinski definition) is 3. The fourth-order valence-corrected chi connectivity index (χ4v) is 2.68. The summed E-state index contributed by atoms with van der Waals surface area (Å²) in [6.07, 6.45) is -0.177. The number of aromatic carboxylic acids is 1. The fourth-order valence-electron chi connectivity index (χ4n) is 2.08. The zero-order valence-electron chi connectivity index (χ0n) is 9.92. The summed E-state index contributed by atoms with van der Waals surface area (Å²) in [5.74, 6) is -1.53. The first-order valence-corrected chi connectivity index (χ1v) is 6.40. The molecule has 20 heavy (non-hydrogen) atoms. The highest BCUT2D eigenvalue weighted by Crippen LogP contribution is 2.26. The van der Waals surface area contributed by atoms with Gasteiger partial charge in [-0.2, -0.15) is 0 Å². The Balaban J connectivity index is 2.29. The maximum absolute atomic E-state index is 11.0. The van der Waals surface area contributed by atoms with Crippen LogP contribution in [0.3, 0.4) is 0 Å². The molecule has 0 atom stereocenters. The molecule has 2 heterocycles. The molecule has 0 aliphatic rings. The van der Waals surface area contributed by atoms with Crippen LogP contribution in [0.1, 0.15) is 16.1 Å². The Morgan fingerprint density at radius 3 is 2.75 bits per heavy atom. The average molecular weight is 338 g/mol. The second-order valence-corrected chi connectivity index (χ2v) is 5.00. The van der Waals surface area contributed by atoms with E-state index in [9.17, 15) is 9.59 Å². The summed E-state index contributed by atoms with van der Waals surface area (Å²) in [6, 6.07) is 4.59. The minimum absolute atomic E-state index is 0.146. The van der Waals surface area contributed by atoms with Crippen LogP contribution in [-0.4, -0.2) is 36.5 Å². The van der Waals surface area contributed by atoms with Crippen LogP contribution in [0.2, 0.25) is 0 Å². The van der Waals surface area contributed by atoms with Crippen LogP contribution in [0.15, 0.2) is 22.8 Å². The van der Waals surface area contributed by atoms with Gasteiger partial charge in [-0.15, -0.1) is 0 Å². The van der Waals surface area contributed by atoms with Gasteiger partial charge in [0.05, 0.1) is 28.7 Å². The number of hydrogen-bond acceptors (Lipinski definition) is 3. The molecule has 0 fully saturated rings. The Morgan fingerprint density at radius 1 is 1.35 bits per heavy atom. The maximum atomic E-state index is 11.0. The number of imidazole rings is 2. The standard InChI is InChI=1S/C12H8BrN3O4/c13-10-7(4-9(17)18)15-12-14-6-2-1-5(11(19)20)3-8(6)16(10)12/h1-3H,4H2,(H,14,15)(H,17,18)(H,19,20). The Hall–Kier alpha value is -2.35. The van der Waals surface area contributed by atoms with E-state index in [0.717, 1.165) is 0 Å². The summed E-state index contributed by atoms with van der Waals surface area (Å²) in [6.45, 7) is 0. The molecule has 8 heteroatoms. The van der Waals surface area contributed by atoms with Gasteiger partial charge in [0.15, 0.2) is 0 Å². The van der Waals surface area contributed by atoms with Gasteiger partial charge in [0.1, 0.15) is 4.60 Å². The van der Waals surface area contributed by atoms with Gasteiger partial charge < -0.3 is 15.2 Å². The molecule has 102 valence electrons. The van der Waals surface area contributed by atoms with Crippen LogP contribution in [0, 0.1) is 0 Å². The quantitative estimate of drug-likeness (QED) is 0.676. The molecule has 2 aromatic heterocycles. The van der Waals surface area contributed by atoms with Crippen LogP contribution in [-0.2, 0) is 11.2 Å². The van der Waals surface area contributed by atoms with Gasteiger partial charge in [-0.1, -0.05) is 0 Å². The lowest BCUT2D eigenvalue weighted by Crippen LogP contribution is -2.01. The van der Waals surface area contributed by atoms with E-state index in [-0.39, 0.29) is 12.0 Å². The van der Waals surface area contributed by atoms with Crippen molar-refractivity contribution in [1.82, 2.24) is 14.4 Å². The van der Waals surface area contributed by atoms with E-state index in [4.69, 9.17) is 10.2 Å². The topological polar surface area (TPSA) is 108 Å². The van der Waals surface area contributed by atoms with Crippen LogP contribution in [0.4, 0.5) is 0 Å². The number of halogens is 1. The van der Waals surface area contributed by atoms with Crippen molar-refractivity contribution in [3.63, 3.8) is 0 Å². The lowest BCUT2D eigenvalue weighted by molar-refractivity contribution is -0.136. The Morgan fingerprint density at radius 2 is 2.10 bits per heavy atom. The zero-order valence-corrected chi connectivity index (χ0v) is 11.5. The number of carbonyl (C=O) groups is 2. The average Bonchev–Trinajstić information content (AvgIpc) is 2.86. The van der Waals surface area contributed by atoms with Crippen LogP contribution < -0.4 is 0 Å². The second kappa shape index (κ2) is 4.34. The first-order valence-electron chi connectivity index (χ1n) is 5.61. The molecule has 0 amide bonds. The third-order valence-electron chi connectivity index (χ3n) is 2.94. The summed E-state index contributed by atoms with van der Waals surface area (Å²) in [4.78, 5) is 29.0. The minimum atomic E-state index is -1.03. The number of nitrogens with one attached hydrogen (secondary N) is 1.